The summed E-state index contributed by atoms with van der Waals surface area (Å²) in [4.78, 5) is 4.76. The third-order valence-corrected chi connectivity index (χ3v) is 7.56. The molecule has 1 heterocycles. The van der Waals surface area contributed by atoms with Crippen LogP contribution < -0.4 is 9.46 Å². The van der Waals surface area contributed by atoms with Gasteiger partial charge in [0.2, 0.25) is 0 Å². The van der Waals surface area contributed by atoms with Crippen molar-refractivity contribution in [3.05, 3.63) is 119 Å². The van der Waals surface area contributed by atoms with Crippen molar-refractivity contribution in [2.24, 2.45) is 4.99 Å². The lowest BCUT2D eigenvalue weighted by molar-refractivity contribution is 0.299. The molecule has 0 saturated heterocycles. The number of hydrogen-bond donors (Lipinski definition) is 1. The molecule has 3 aliphatic rings. The highest BCUT2D eigenvalue weighted by Crippen LogP contribution is 2.36. The van der Waals surface area contributed by atoms with Gasteiger partial charge in [0.1, 0.15) is 28.1 Å². The molecule has 4 nitrogen and oxygen atoms in total. The Balaban J connectivity index is 1.21. The number of aliphatic imine (C=N–C) groups is 1. The average Bonchev–Trinajstić information content (AvgIpc) is 3.08. The van der Waals surface area contributed by atoms with Crippen LogP contribution in [0.3, 0.4) is 0 Å². The molecule has 0 radical (unpaired) electrons. The van der Waals surface area contributed by atoms with Crippen LogP contribution in [-0.4, -0.2) is 10.4 Å². The Kier molecular flexibility index (Phi) is 7.39. The number of para-hydroxylation sites is 1. The fourth-order valence-electron chi connectivity index (χ4n) is 3.75. The minimum absolute atomic E-state index is 0.117. The van der Waals surface area contributed by atoms with E-state index in [2.05, 4.69) is 41.7 Å². The number of benzene rings is 2. The van der Waals surface area contributed by atoms with E-state index in [0.717, 1.165) is 64.3 Å². The molecular formula is C28H26N2O2S2. The van der Waals surface area contributed by atoms with Gasteiger partial charge in [0, 0.05) is 12.0 Å². The molecule has 1 unspecified atom stereocenters. The van der Waals surface area contributed by atoms with Gasteiger partial charge in [-0.05, 0) is 91.4 Å². The van der Waals surface area contributed by atoms with Crippen molar-refractivity contribution in [1.29, 1.82) is 0 Å². The number of ether oxygens (including phenoxy) is 2. The van der Waals surface area contributed by atoms with Crippen LogP contribution in [0.15, 0.2) is 119 Å². The Morgan fingerprint density at radius 1 is 0.912 bits per heavy atom. The fourth-order valence-corrected chi connectivity index (χ4v) is 5.69. The zero-order chi connectivity index (χ0) is 23.2. The first-order valence-electron chi connectivity index (χ1n) is 11.4. The molecule has 172 valence electrons. The van der Waals surface area contributed by atoms with Crippen molar-refractivity contribution in [2.75, 3.05) is 0 Å². The van der Waals surface area contributed by atoms with E-state index in [1.54, 1.807) is 23.7 Å². The summed E-state index contributed by atoms with van der Waals surface area (Å²) in [5.41, 5.74) is 2.35. The normalized spacial score (nSPS) is 20.5. The molecule has 2 aliphatic carbocycles. The monoisotopic (exact) mass is 486 g/mol. The van der Waals surface area contributed by atoms with Crippen LogP contribution >= 0.6 is 23.7 Å². The number of nitrogens with zero attached hydrogens (tertiary/aromatic N) is 1. The molecule has 1 atom stereocenters. The Hall–Kier alpha value is -2.93. The number of allylic oxidation sites excluding steroid dienone is 6. The van der Waals surface area contributed by atoms with Crippen LogP contribution in [0.2, 0.25) is 0 Å². The van der Waals surface area contributed by atoms with Crippen molar-refractivity contribution in [3.8, 4) is 11.5 Å². The predicted molar refractivity (Wildman–Crippen MR) is 144 cm³/mol. The molecular weight excluding hydrogens is 460 g/mol. The lowest BCUT2D eigenvalue weighted by Crippen LogP contribution is -2.23. The van der Waals surface area contributed by atoms with Crippen LogP contribution in [-0.2, 0) is 4.74 Å². The average molecular weight is 487 g/mol. The van der Waals surface area contributed by atoms with E-state index in [4.69, 9.17) is 14.5 Å². The molecule has 0 saturated carbocycles. The molecule has 2 aromatic carbocycles. The highest BCUT2D eigenvalue weighted by atomic mass is 32.2. The van der Waals surface area contributed by atoms with Gasteiger partial charge in [0.05, 0.1) is 10.4 Å². The number of nitrogens with one attached hydrogen (secondary N) is 1. The molecule has 6 heteroatoms. The van der Waals surface area contributed by atoms with E-state index >= 15 is 0 Å². The third-order valence-electron chi connectivity index (χ3n) is 5.51. The smallest absolute Gasteiger partial charge is 0.127 e. The van der Waals surface area contributed by atoms with Crippen molar-refractivity contribution in [1.82, 2.24) is 4.72 Å². The second kappa shape index (κ2) is 11.0. The zero-order valence-electron chi connectivity index (χ0n) is 18.8. The van der Waals surface area contributed by atoms with Gasteiger partial charge in [0.25, 0.3) is 0 Å². The Morgan fingerprint density at radius 3 is 2.47 bits per heavy atom. The van der Waals surface area contributed by atoms with E-state index in [-0.39, 0.29) is 5.37 Å². The van der Waals surface area contributed by atoms with Crippen LogP contribution in [0, 0.1) is 0 Å². The molecule has 1 aliphatic heterocycles. The molecule has 0 bridgehead atoms. The van der Waals surface area contributed by atoms with Crippen LogP contribution in [0.5, 0.6) is 11.5 Å². The van der Waals surface area contributed by atoms with Gasteiger partial charge < -0.3 is 9.47 Å². The second-order valence-electron chi connectivity index (χ2n) is 8.03. The van der Waals surface area contributed by atoms with Crippen molar-refractivity contribution >= 4 is 28.8 Å². The van der Waals surface area contributed by atoms with Crippen LogP contribution in [0.4, 0.5) is 0 Å². The minimum Gasteiger partial charge on any atom is -0.462 e. The maximum atomic E-state index is 6.04. The lowest BCUT2D eigenvalue weighted by Gasteiger charge is -2.22. The van der Waals surface area contributed by atoms with Gasteiger partial charge in [-0.2, -0.15) is 0 Å². The molecule has 0 spiro atoms. The quantitative estimate of drug-likeness (QED) is 0.421. The molecule has 34 heavy (non-hydrogen) atoms. The standard InChI is InChI=1S/C28H26N2O2S2/c1-20-29-27(21-12-16-25(17-13-21)31-23-8-4-2-5-9-23)34-30-28(33-20)22-14-18-26(19-15-22)32-24-10-6-3-7-11-24/h2,4-6,8-14,16-18,28,30H,1,3,7,15,19H2. The second-order valence-corrected chi connectivity index (χ2v) is 10.0. The SMILES string of the molecule is C=C1N=C(c2ccc(Oc3ccccc3)cc2)SNC(C2=CC=C(OC3=CCCC=C3)CC2)S1. The van der Waals surface area contributed by atoms with E-state index in [1.165, 1.54) is 5.57 Å². The van der Waals surface area contributed by atoms with Crippen molar-refractivity contribution in [3.63, 3.8) is 0 Å². The summed E-state index contributed by atoms with van der Waals surface area (Å²) in [6.45, 7) is 4.18. The molecule has 0 amide bonds. The lowest BCUT2D eigenvalue weighted by atomic mass is 10.0. The summed E-state index contributed by atoms with van der Waals surface area (Å²) >= 11 is 3.20. The number of rotatable bonds is 6. The maximum absolute atomic E-state index is 6.04. The van der Waals surface area contributed by atoms with Crippen molar-refractivity contribution in [2.45, 2.75) is 31.1 Å². The van der Waals surface area contributed by atoms with E-state index < -0.39 is 0 Å². The Morgan fingerprint density at radius 2 is 1.74 bits per heavy atom. The highest BCUT2D eigenvalue weighted by molar-refractivity contribution is 8.14. The summed E-state index contributed by atoms with van der Waals surface area (Å²) < 4.78 is 15.5. The molecule has 0 aromatic heterocycles. The fraction of sp³-hybridized carbons (Fsp3) is 0.179. The molecule has 1 N–H and O–H groups in total. The van der Waals surface area contributed by atoms with E-state index in [1.807, 2.05) is 54.6 Å². The first kappa shape index (κ1) is 22.8. The van der Waals surface area contributed by atoms with Gasteiger partial charge in [0.15, 0.2) is 0 Å². The van der Waals surface area contributed by atoms with Gasteiger partial charge in [-0.1, -0.05) is 48.7 Å². The van der Waals surface area contributed by atoms with Crippen LogP contribution in [0.25, 0.3) is 0 Å². The number of thioether (sulfide) groups is 1. The topological polar surface area (TPSA) is 42.8 Å². The third kappa shape index (κ3) is 5.95. The summed E-state index contributed by atoms with van der Waals surface area (Å²) in [5.74, 6) is 3.59. The van der Waals surface area contributed by atoms with Gasteiger partial charge in [-0.15, -0.1) is 0 Å². The van der Waals surface area contributed by atoms with Gasteiger partial charge in [-0.3, -0.25) is 0 Å². The van der Waals surface area contributed by atoms with Gasteiger partial charge in [-0.25, -0.2) is 9.71 Å². The minimum atomic E-state index is 0.117. The summed E-state index contributed by atoms with van der Waals surface area (Å²) in [6, 6.07) is 17.8. The maximum Gasteiger partial charge on any atom is 0.127 e. The van der Waals surface area contributed by atoms with Gasteiger partial charge >= 0.3 is 0 Å². The van der Waals surface area contributed by atoms with E-state index in [0.29, 0.717) is 0 Å². The van der Waals surface area contributed by atoms with Crippen LogP contribution in [0.1, 0.15) is 31.2 Å². The summed E-state index contributed by atoms with van der Waals surface area (Å²) in [6.07, 6.45) is 14.6. The van der Waals surface area contributed by atoms with E-state index in [9.17, 15) is 0 Å². The summed E-state index contributed by atoms with van der Waals surface area (Å²) in [7, 11) is 0. The largest absolute Gasteiger partial charge is 0.462 e. The molecule has 2 aromatic rings. The van der Waals surface area contributed by atoms with Crippen molar-refractivity contribution < 1.29 is 9.47 Å². The summed E-state index contributed by atoms with van der Waals surface area (Å²) in [5, 5.41) is 1.82. The molecule has 5 rings (SSSR count). The first-order valence-corrected chi connectivity index (χ1v) is 13.1. The Labute approximate surface area is 209 Å². The number of hydrogen-bond acceptors (Lipinski definition) is 6. The molecule has 0 fully saturated rings. The zero-order valence-corrected chi connectivity index (χ0v) is 20.4. The predicted octanol–water partition coefficient (Wildman–Crippen LogP) is 7.86. The highest BCUT2D eigenvalue weighted by Gasteiger charge is 2.23. The Bertz CT molecular complexity index is 1190. The first-order chi connectivity index (χ1) is 16.7.